The number of hydrogen-bond donors (Lipinski definition) is 2. The summed E-state index contributed by atoms with van der Waals surface area (Å²) in [5.74, 6) is -4.08. The fraction of sp³-hybridized carbons (Fsp3) is 0.212. The quantitative estimate of drug-likeness (QED) is 0.100. The molecule has 11 nitrogen and oxygen atoms in total. The first-order valence-corrected chi connectivity index (χ1v) is 13.7. The molecule has 2 heterocycles. The zero-order valence-corrected chi connectivity index (χ0v) is 24.4. The lowest BCUT2D eigenvalue weighted by molar-refractivity contribution is -0.385. The first-order chi connectivity index (χ1) is 21.1. The number of carbonyl (C=O) groups excluding carboxylic acids is 2. The van der Waals surface area contributed by atoms with Gasteiger partial charge in [-0.2, -0.15) is 0 Å². The molecule has 226 valence electrons. The smallest absolute Gasteiger partial charge is 0.336 e. The molecule has 44 heavy (non-hydrogen) atoms. The molecule has 1 unspecified atom stereocenters. The normalized spacial score (nSPS) is 15.0. The number of carboxylic acids is 1. The Kier molecular flexibility index (Phi) is 10.0. The number of carboxylic acid groups (broad SMARTS) is 1. The standard InChI is InChI=1S/C33H31N3O8/c1-20(17-23-10-12-24(13-11-23)18-25-7-6-14-34-19-25)32(39)43-15-16-44-33(40)29-22(3)35-21(2)28(31(37)38)30(29)26-8-4-5-9-27(26)36(41)42/h4-14,17,19,30,35H,15-16,18H2,1-3H3,(H,37,38)/b20-17+. The Morgan fingerprint density at radius 2 is 1.64 bits per heavy atom. The number of nitro groups is 1. The van der Waals surface area contributed by atoms with E-state index in [2.05, 4.69) is 10.3 Å². The number of rotatable bonds is 11. The summed E-state index contributed by atoms with van der Waals surface area (Å²) < 4.78 is 10.6. The van der Waals surface area contributed by atoms with E-state index in [0.717, 1.165) is 23.1 Å². The molecule has 0 saturated carbocycles. The molecule has 0 radical (unpaired) electrons. The van der Waals surface area contributed by atoms with Gasteiger partial charge in [0, 0.05) is 41.0 Å². The van der Waals surface area contributed by atoms with Crippen molar-refractivity contribution in [3.8, 4) is 0 Å². The minimum absolute atomic E-state index is 0.0411. The van der Waals surface area contributed by atoms with Crippen LogP contribution in [0.2, 0.25) is 0 Å². The van der Waals surface area contributed by atoms with Crippen LogP contribution >= 0.6 is 0 Å². The monoisotopic (exact) mass is 597 g/mol. The highest BCUT2D eigenvalue weighted by molar-refractivity contribution is 5.99. The number of dihydropyridines is 1. The van der Waals surface area contributed by atoms with Gasteiger partial charge < -0.3 is 19.9 Å². The number of hydrogen-bond acceptors (Lipinski definition) is 9. The fourth-order valence-corrected chi connectivity index (χ4v) is 5.00. The van der Waals surface area contributed by atoms with Gasteiger partial charge in [-0.1, -0.05) is 48.5 Å². The van der Waals surface area contributed by atoms with Crippen LogP contribution in [0.1, 0.15) is 48.9 Å². The topological polar surface area (TPSA) is 158 Å². The van der Waals surface area contributed by atoms with E-state index in [1.165, 1.54) is 31.2 Å². The SMILES string of the molecule is CC1=C(C(=O)O)C(c2ccccc2[N+](=O)[O-])C(C(=O)OCCOC(=O)/C(C)=C/c2ccc(Cc3cccnc3)cc2)=C(C)N1. The number of carbonyl (C=O) groups is 3. The number of aromatic nitrogens is 1. The van der Waals surface area contributed by atoms with Gasteiger partial charge in [0.15, 0.2) is 0 Å². The summed E-state index contributed by atoms with van der Waals surface area (Å²) in [5, 5.41) is 24.6. The van der Waals surface area contributed by atoms with E-state index in [9.17, 15) is 29.6 Å². The second-order valence-corrected chi connectivity index (χ2v) is 10.1. The van der Waals surface area contributed by atoms with Crippen LogP contribution in [0.15, 0.2) is 101 Å². The second-order valence-electron chi connectivity index (χ2n) is 10.1. The molecule has 0 spiro atoms. The largest absolute Gasteiger partial charge is 0.478 e. The van der Waals surface area contributed by atoms with E-state index in [0.29, 0.717) is 11.3 Å². The van der Waals surface area contributed by atoms with Crippen LogP contribution in [-0.2, 0) is 30.3 Å². The van der Waals surface area contributed by atoms with E-state index in [4.69, 9.17) is 9.47 Å². The highest BCUT2D eigenvalue weighted by Crippen LogP contribution is 2.42. The molecule has 0 bridgehead atoms. The molecule has 1 aromatic heterocycles. The minimum Gasteiger partial charge on any atom is -0.478 e. The maximum absolute atomic E-state index is 13.2. The van der Waals surface area contributed by atoms with E-state index in [1.807, 2.05) is 42.6 Å². The number of nitro benzene ring substituents is 1. The van der Waals surface area contributed by atoms with Crippen molar-refractivity contribution in [2.24, 2.45) is 0 Å². The number of benzene rings is 2. The molecule has 2 N–H and O–H groups in total. The number of nitrogens with zero attached hydrogens (tertiary/aromatic N) is 2. The van der Waals surface area contributed by atoms with Crippen LogP contribution in [0.25, 0.3) is 6.08 Å². The van der Waals surface area contributed by atoms with Crippen molar-refractivity contribution >= 4 is 29.7 Å². The molecular formula is C33H31N3O8. The van der Waals surface area contributed by atoms with E-state index in [-0.39, 0.29) is 41.3 Å². The molecule has 11 heteroatoms. The van der Waals surface area contributed by atoms with Crippen molar-refractivity contribution in [1.82, 2.24) is 10.3 Å². The summed E-state index contributed by atoms with van der Waals surface area (Å²) in [5.41, 5.74) is 3.29. The molecule has 1 aliphatic heterocycles. The first kappa shape index (κ1) is 31.4. The van der Waals surface area contributed by atoms with Crippen LogP contribution in [0.4, 0.5) is 5.69 Å². The lowest BCUT2D eigenvalue weighted by atomic mass is 9.79. The van der Waals surface area contributed by atoms with Gasteiger partial charge in [-0.05, 0) is 56.0 Å². The van der Waals surface area contributed by atoms with Gasteiger partial charge >= 0.3 is 17.9 Å². The Labute approximate surface area is 253 Å². The molecular weight excluding hydrogens is 566 g/mol. The van der Waals surface area contributed by atoms with Crippen molar-refractivity contribution in [1.29, 1.82) is 0 Å². The van der Waals surface area contributed by atoms with Gasteiger partial charge in [-0.3, -0.25) is 15.1 Å². The molecule has 3 aromatic rings. The van der Waals surface area contributed by atoms with E-state index >= 15 is 0 Å². The molecule has 0 aliphatic carbocycles. The van der Waals surface area contributed by atoms with Gasteiger partial charge in [-0.25, -0.2) is 14.4 Å². The maximum Gasteiger partial charge on any atom is 0.336 e. The Balaban J connectivity index is 1.39. The number of allylic oxidation sites excluding steroid dienone is 2. The van der Waals surface area contributed by atoms with Crippen molar-refractivity contribution < 1.29 is 33.9 Å². The molecule has 1 aliphatic rings. The summed E-state index contributed by atoms with van der Waals surface area (Å²) in [6.45, 7) is 4.12. The third-order valence-corrected chi connectivity index (χ3v) is 7.02. The lowest BCUT2D eigenvalue weighted by Crippen LogP contribution is -2.32. The number of nitrogens with one attached hydrogen (secondary N) is 1. The van der Waals surface area contributed by atoms with Gasteiger partial charge in [0.05, 0.1) is 22.0 Å². The second kappa shape index (κ2) is 14.1. The van der Waals surface area contributed by atoms with Gasteiger partial charge in [0.25, 0.3) is 5.69 Å². The highest BCUT2D eigenvalue weighted by atomic mass is 16.6. The molecule has 1 atom stereocenters. The van der Waals surface area contributed by atoms with Crippen molar-refractivity contribution in [3.05, 3.63) is 134 Å². The molecule has 0 fully saturated rings. The van der Waals surface area contributed by atoms with Gasteiger partial charge in [-0.15, -0.1) is 0 Å². The maximum atomic E-state index is 13.2. The predicted octanol–water partition coefficient (Wildman–Crippen LogP) is 5.09. The summed E-state index contributed by atoms with van der Waals surface area (Å²) in [6.07, 6.45) is 5.96. The number of para-hydroxylation sites is 1. The van der Waals surface area contributed by atoms with E-state index in [1.54, 1.807) is 26.1 Å². The lowest BCUT2D eigenvalue weighted by Gasteiger charge is -2.29. The van der Waals surface area contributed by atoms with Crippen LogP contribution in [0.3, 0.4) is 0 Å². The number of esters is 2. The first-order valence-electron chi connectivity index (χ1n) is 13.7. The Morgan fingerprint density at radius 3 is 2.30 bits per heavy atom. The summed E-state index contributed by atoms with van der Waals surface area (Å²) in [6, 6.07) is 17.3. The summed E-state index contributed by atoms with van der Waals surface area (Å²) >= 11 is 0. The minimum atomic E-state index is -1.34. The fourth-order valence-electron chi connectivity index (χ4n) is 5.00. The highest BCUT2D eigenvalue weighted by Gasteiger charge is 2.40. The molecule has 0 saturated heterocycles. The molecule has 0 amide bonds. The third kappa shape index (κ3) is 7.43. The summed E-state index contributed by atoms with van der Waals surface area (Å²) in [7, 11) is 0. The van der Waals surface area contributed by atoms with Crippen molar-refractivity contribution in [3.63, 3.8) is 0 Å². The van der Waals surface area contributed by atoms with Crippen LogP contribution in [0.5, 0.6) is 0 Å². The molecule has 4 rings (SSSR count). The molecule has 2 aromatic carbocycles. The average molecular weight is 598 g/mol. The third-order valence-electron chi connectivity index (χ3n) is 7.02. The van der Waals surface area contributed by atoms with Crippen LogP contribution in [-0.4, -0.2) is 46.1 Å². The van der Waals surface area contributed by atoms with Crippen LogP contribution < -0.4 is 5.32 Å². The number of aliphatic carboxylic acids is 1. The Hall–Kier alpha value is -5.58. The zero-order valence-electron chi connectivity index (χ0n) is 24.4. The van der Waals surface area contributed by atoms with Gasteiger partial charge in [0.2, 0.25) is 0 Å². The number of ether oxygens (including phenoxy) is 2. The van der Waals surface area contributed by atoms with Gasteiger partial charge in [0.1, 0.15) is 13.2 Å². The van der Waals surface area contributed by atoms with Crippen molar-refractivity contribution in [2.45, 2.75) is 33.1 Å². The van der Waals surface area contributed by atoms with E-state index < -0.39 is 28.7 Å². The Bertz CT molecular complexity index is 1670. The van der Waals surface area contributed by atoms with Crippen LogP contribution in [0, 0.1) is 10.1 Å². The predicted molar refractivity (Wildman–Crippen MR) is 161 cm³/mol. The zero-order chi connectivity index (χ0) is 31.8. The Morgan fingerprint density at radius 1 is 0.955 bits per heavy atom. The van der Waals surface area contributed by atoms with Crippen molar-refractivity contribution in [2.75, 3.05) is 13.2 Å². The summed E-state index contributed by atoms with van der Waals surface area (Å²) in [4.78, 5) is 53.3. The number of pyridine rings is 1. The average Bonchev–Trinajstić information content (AvgIpc) is 2.99.